The summed E-state index contributed by atoms with van der Waals surface area (Å²) in [6.45, 7) is 8.72. The van der Waals surface area contributed by atoms with Crippen molar-refractivity contribution in [2.75, 3.05) is 13.6 Å². The van der Waals surface area contributed by atoms with Gasteiger partial charge in [-0.2, -0.15) is 5.10 Å². The minimum absolute atomic E-state index is 0.00324. The first-order valence-electron chi connectivity index (χ1n) is 17.1. The molecule has 1 aliphatic rings. The number of hydrogen-bond acceptors (Lipinski definition) is 6. The highest BCUT2D eigenvalue weighted by molar-refractivity contribution is 5.91. The molecular formula is C39H45FN6O4. The molecule has 6 rings (SSSR count). The van der Waals surface area contributed by atoms with Crippen LogP contribution in [0.15, 0.2) is 60.9 Å². The number of aliphatic carboxylic acids is 1. The Kier molecular flexibility index (Phi) is 9.52. The van der Waals surface area contributed by atoms with Crippen molar-refractivity contribution >= 4 is 22.8 Å². The fourth-order valence-corrected chi connectivity index (χ4v) is 7.11. The number of nitrogens with one attached hydrogen (secondary N) is 1. The number of nitrogens with zero attached hydrogens (tertiary/aromatic N) is 5. The Balaban J connectivity index is 1.45. The van der Waals surface area contributed by atoms with Crippen LogP contribution >= 0.6 is 0 Å². The average Bonchev–Trinajstić information content (AvgIpc) is 3.70. The van der Waals surface area contributed by atoms with Gasteiger partial charge in [-0.3, -0.25) is 14.6 Å². The van der Waals surface area contributed by atoms with E-state index in [-0.39, 0.29) is 23.5 Å². The Morgan fingerprint density at radius 2 is 1.88 bits per heavy atom. The van der Waals surface area contributed by atoms with Gasteiger partial charge in [0.05, 0.1) is 17.8 Å². The molecule has 0 unspecified atom stereocenters. The van der Waals surface area contributed by atoms with Crippen LogP contribution in [0.4, 0.5) is 4.39 Å². The summed E-state index contributed by atoms with van der Waals surface area (Å²) in [4.78, 5) is 39.8. The number of aromatic amines is 1. The van der Waals surface area contributed by atoms with Crippen LogP contribution < -0.4 is 4.74 Å². The van der Waals surface area contributed by atoms with E-state index < -0.39 is 23.1 Å². The van der Waals surface area contributed by atoms with Crippen molar-refractivity contribution in [1.29, 1.82) is 0 Å². The van der Waals surface area contributed by atoms with E-state index in [1.807, 2.05) is 25.2 Å². The standard InChI is InChI=1S/C39H45FN6O4/c1-24(36(48)49)18-25-10-9-11-26(19-25)39(4)15-8-7-14-38(2,3)23-45(5)33(47)21-29-28-13-17-41-31(28)22-30(40)34(29)50-27-12-16-42-32(20-27)35-43-37(39)44-46(35)6/h9-13,16-17,19-20,22,24,41H,7-8,14-15,18,21,23H2,1-6H3,(H,48,49)/t24-,39+/m0/s1. The third-order valence-corrected chi connectivity index (χ3v) is 10.0. The summed E-state index contributed by atoms with van der Waals surface area (Å²) < 4.78 is 23.7. The van der Waals surface area contributed by atoms with Crippen LogP contribution in [0.2, 0.25) is 0 Å². The molecule has 0 saturated heterocycles. The lowest BCUT2D eigenvalue weighted by Crippen LogP contribution is -2.37. The van der Waals surface area contributed by atoms with Crippen molar-refractivity contribution in [3.63, 3.8) is 0 Å². The van der Waals surface area contributed by atoms with Crippen LogP contribution in [0.25, 0.3) is 22.4 Å². The summed E-state index contributed by atoms with van der Waals surface area (Å²) >= 11 is 0. The second-order valence-electron chi connectivity index (χ2n) is 14.7. The van der Waals surface area contributed by atoms with Crippen molar-refractivity contribution in [3.8, 4) is 23.0 Å². The zero-order chi connectivity index (χ0) is 35.8. The lowest BCUT2D eigenvalue weighted by Gasteiger charge is -2.32. The van der Waals surface area contributed by atoms with Gasteiger partial charge in [0.2, 0.25) is 5.91 Å². The predicted molar refractivity (Wildman–Crippen MR) is 190 cm³/mol. The number of benzene rings is 2. The smallest absolute Gasteiger partial charge is 0.306 e. The fourth-order valence-electron chi connectivity index (χ4n) is 7.11. The molecule has 50 heavy (non-hydrogen) atoms. The molecule has 11 heteroatoms. The number of carbonyl (C=O) groups is 2. The molecule has 0 radical (unpaired) electrons. The van der Waals surface area contributed by atoms with Gasteiger partial charge in [0.15, 0.2) is 23.2 Å². The SMILES string of the molecule is C[C@@H](Cc1cccc([C@@]2(C)CCCCC(C)(C)CN(C)C(=O)Cc3c(c(F)cc4[nH]ccc34)Oc3ccnc(c3)-c3nc2nn3C)c1)C(=O)O. The third-order valence-electron chi connectivity index (χ3n) is 10.0. The number of carboxylic acids is 1. The number of pyridine rings is 1. The number of aromatic nitrogens is 5. The van der Waals surface area contributed by atoms with E-state index in [9.17, 15) is 14.7 Å². The molecule has 2 aromatic carbocycles. The van der Waals surface area contributed by atoms with E-state index in [0.717, 1.165) is 42.2 Å². The molecule has 0 aliphatic carbocycles. The van der Waals surface area contributed by atoms with Gasteiger partial charge in [0.25, 0.3) is 0 Å². The second kappa shape index (κ2) is 13.7. The molecule has 3 aromatic heterocycles. The fraction of sp³-hybridized carbons (Fsp3) is 0.410. The van der Waals surface area contributed by atoms with Crippen LogP contribution in [-0.4, -0.2) is 60.2 Å². The highest BCUT2D eigenvalue weighted by Gasteiger charge is 2.35. The lowest BCUT2D eigenvalue weighted by molar-refractivity contribution is -0.141. The maximum atomic E-state index is 15.8. The highest BCUT2D eigenvalue weighted by Crippen LogP contribution is 2.39. The number of carbonyl (C=O) groups excluding carboxylic acids is 1. The Labute approximate surface area is 291 Å². The summed E-state index contributed by atoms with van der Waals surface area (Å²) in [6.07, 6.45) is 7.11. The summed E-state index contributed by atoms with van der Waals surface area (Å²) in [7, 11) is 3.62. The molecule has 4 bridgehead atoms. The van der Waals surface area contributed by atoms with Crippen LogP contribution in [0, 0.1) is 17.2 Å². The first kappa shape index (κ1) is 34.8. The predicted octanol–water partition coefficient (Wildman–Crippen LogP) is 7.46. The second-order valence-corrected chi connectivity index (χ2v) is 14.7. The third kappa shape index (κ3) is 7.13. The van der Waals surface area contributed by atoms with Gasteiger partial charge in [0, 0.05) is 61.6 Å². The Bertz CT molecular complexity index is 2050. The van der Waals surface area contributed by atoms with E-state index in [1.54, 1.807) is 48.1 Å². The average molecular weight is 681 g/mol. The molecule has 5 aromatic rings. The zero-order valence-electron chi connectivity index (χ0n) is 29.6. The first-order chi connectivity index (χ1) is 23.7. The molecule has 2 atom stereocenters. The van der Waals surface area contributed by atoms with Crippen molar-refractivity contribution in [1.82, 2.24) is 29.6 Å². The number of ether oxygens (including phenoxy) is 1. The van der Waals surface area contributed by atoms with Gasteiger partial charge < -0.3 is 19.7 Å². The molecule has 0 spiro atoms. The van der Waals surface area contributed by atoms with E-state index in [4.69, 9.17) is 14.8 Å². The van der Waals surface area contributed by atoms with Crippen molar-refractivity contribution in [2.45, 2.75) is 71.6 Å². The maximum Gasteiger partial charge on any atom is 0.306 e. The van der Waals surface area contributed by atoms with Gasteiger partial charge in [-0.15, -0.1) is 0 Å². The number of amides is 1. The molecule has 1 aliphatic heterocycles. The lowest BCUT2D eigenvalue weighted by atomic mass is 9.75. The summed E-state index contributed by atoms with van der Waals surface area (Å²) in [5.74, 6) is -0.567. The largest absolute Gasteiger partial charge is 0.481 e. The molecule has 4 heterocycles. The van der Waals surface area contributed by atoms with Gasteiger partial charge in [-0.1, -0.05) is 57.9 Å². The van der Waals surface area contributed by atoms with Crippen LogP contribution in [0.1, 0.15) is 75.9 Å². The molecule has 1 amide bonds. The van der Waals surface area contributed by atoms with E-state index >= 15 is 4.39 Å². The minimum atomic E-state index is -0.831. The van der Waals surface area contributed by atoms with E-state index in [2.05, 4.69) is 42.9 Å². The highest BCUT2D eigenvalue weighted by atomic mass is 19.1. The molecule has 10 nitrogen and oxygen atoms in total. The zero-order valence-corrected chi connectivity index (χ0v) is 29.6. The topological polar surface area (TPSA) is 126 Å². The van der Waals surface area contributed by atoms with Gasteiger partial charge >= 0.3 is 5.97 Å². The minimum Gasteiger partial charge on any atom is -0.481 e. The van der Waals surface area contributed by atoms with E-state index in [1.165, 1.54) is 6.07 Å². The van der Waals surface area contributed by atoms with Crippen molar-refractivity contribution in [2.24, 2.45) is 18.4 Å². The number of fused-ring (bicyclic) bond motifs is 8. The van der Waals surface area contributed by atoms with Gasteiger partial charge in [-0.05, 0) is 54.9 Å². The number of H-pyrrole nitrogens is 1. The number of hydrogen-bond donors (Lipinski definition) is 2. The van der Waals surface area contributed by atoms with Gasteiger partial charge in [-0.25, -0.2) is 14.1 Å². The number of carboxylic acid groups (broad SMARTS) is 1. The normalized spacial score (nSPS) is 19.2. The number of likely N-dealkylation sites (N-methyl/N-ethyl adjacent to an activating group) is 1. The Morgan fingerprint density at radius 1 is 1.10 bits per heavy atom. The monoisotopic (exact) mass is 680 g/mol. The molecule has 2 N–H and O–H groups in total. The van der Waals surface area contributed by atoms with Crippen LogP contribution in [0.5, 0.6) is 11.5 Å². The summed E-state index contributed by atoms with van der Waals surface area (Å²) in [5.41, 5.74) is 2.73. The Morgan fingerprint density at radius 3 is 2.66 bits per heavy atom. The molecule has 0 saturated carbocycles. The van der Waals surface area contributed by atoms with E-state index in [0.29, 0.717) is 47.1 Å². The number of rotatable bonds is 4. The number of aryl methyl sites for hydroxylation is 1. The Hall–Kier alpha value is -5.06. The summed E-state index contributed by atoms with van der Waals surface area (Å²) in [5, 5.41) is 15.2. The molecular weight excluding hydrogens is 635 g/mol. The van der Waals surface area contributed by atoms with Crippen LogP contribution in [-0.2, 0) is 34.9 Å². The quantitative estimate of drug-likeness (QED) is 0.202. The number of halogens is 1. The van der Waals surface area contributed by atoms with Crippen molar-refractivity contribution in [3.05, 3.63) is 89.3 Å². The molecule has 262 valence electrons. The van der Waals surface area contributed by atoms with Gasteiger partial charge in [0.1, 0.15) is 11.4 Å². The van der Waals surface area contributed by atoms with Crippen molar-refractivity contribution < 1.29 is 23.8 Å². The maximum absolute atomic E-state index is 15.8. The summed E-state index contributed by atoms with van der Waals surface area (Å²) in [6, 6.07) is 14.6. The van der Waals surface area contributed by atoms with Crippen LogP contribution in [0.3, 0.4) is 0 Å². The first-order valence-corrected chi connectivity index (χ1v) is 17.1. The molecule has 0 fully saturated rings.